The number of para-hydroxylation sites is 1. The Balaban J connectivity index is 1.84. The Hall–Kier alpha value is -2.94. The van der Waals surface area contributed by atoms with Crippen LogP contribution in [-0.2, 0) is 6.54 Å². The highest BCUT2D eigenvalue weighted by atomic mass is 19.1. The van der Waals surface area contributed by atoms with Crippen molar-refractivity contribution in [3.63, 3.8) is 0 Å². The van der Waals surface area contributed by atoms with Gasteiger partial charge in [0.15, 0.2) is 0 Å². The van der Waals surface area contributed by atoms with E-state index in [1.165, 1.54) is 17.7 Å². The lowest BCUT2D eigenvalue weighted by atomic mass is 10.2. The summed E-state index contributed by atoms with van der Waals surface area (Å²) in [5.74, 6) is -0.244. The van der Waals surface area contributed by atoms with E-state index in [0.29, 0.717) is 6.54 Å². The third-order valence-electron chi connectivity index (χ3n) is 3.45. The Labute approximate surface area is 135 Å². The third kappa shape index (κ3) is 4.27. The maximum atomic E-state index is 13.0. The van der Waals surface area contributed by atoms with E-state index in [0.717, 1.165) is 11.3 Å². The fourth-order valence-electron chi connectivity index (χ4n) is 2.24. The van der Waals surface area contributed by atoms with Gasteiger partial charge in [0, 0.05) is 0 Å². The number of rotatable bonds is 5. The molecule has 2 nitrogen and oxygen atoms in total. The largest absolute Gasteiger partial charge is 0.261 e. The number of hydrogen-bond acceptors (Lipinski definition) is 2. The van der Waals surface area contributed by atoms with Crippen LogP contribution in [0.1, 0.15) is 11.1 Å². The zero-order valence-corrected chi connectivity index (χ0v) is 12.6. The summed E-state index contributed by atoms with van der Waals surface area (Å²) in [6.45, 7) is 0.669. The first-order valence-corrected chi connectivity index (χ1v) is 7.47. The van der Waals surface area contributed by atoms with Crippen molar-refractivity contribution in [2.45, 2.75) is 6.54 Å². The van der Waals surface area contributed by atoms with Crippen molar-refractivity contribution in [1.29, 1.82) is 0 Å². The van der Waals surface area contributed by atoms with E-state index in [1.54, 1.807) is 18.3 Å². The maximum Gasteiger partial charge on any atom is 0.123 e. The topological polar surface area (TPSA) is 15.6 Å². The molecule has 0 amide bonds. The first kappa shape index (κ1) is 15.0. The standard InChI is InChI=1S/C20H17FN2/c21-19-13-11-17(12-14-19)15-22-23(20-9-5-2-6-10-20)16-18-7-3-1-4-8-18/h1-15H,16H2/b22-15+. The highest BCUT2D eigenvalue weighted by molar-refractivity contribution is 5.80. The Kier molecular flexibility index (Phi) is 4.79. The number of halogens is 1. The molecular weight excluding hydrogens is 287 g/mol. The van der Waals surface area contributed by atoms with Gasteiger partial charge in [-0.15, -0.1) is 0 Å². The molecule has 0 aromatic heterocycles. The van der Waals surface area contributed by atoms with Crippen LogP contribution in [-0.4, -0.2) is 6.21 Å². The van der Waals surface area contributed by atoms with Crippen molar-refractivity contribution in [2.75, 3.05) is 5.01 Å². The van der Waals surface area contributed by atoms with E-state index in [9.17, 15) is 4.39 Å². The second-order valence-corrected chi connectivity index (χ2v) is 5.17. The SMILES string of the molecule is Fc1ccc(/C=N/N(Cc2ccccc2)c2ccccc2)cc1. The maximum absolute atomic E-state index is 13.0. The lowest BCUT2D eigenvalue weighted by molar-refractivity contribution is 0.628. The van der Waals surface area contributed by atoms with Gasteiger partial charge >= 0.3 is 0 Å². The fraction of sp³-hybridized carbons (Fsp3) is 0.0500. The average molecular weight is 304 g/mol. The predicted octanol–water partition coefficient (Wildman–Crippen LogP) is 4.87. The van der Waals surface area contributed by atoms with E-state index < -0.39 is 0 Å². The molecule has 0 saturated heterocycles. The van der Waals surface area contributed by atoms with E-state index in [1.807, 2.05) is 53.5 Å². The van der Waals surface area contributed by atoms with Gasteiger partial charge in [0.05, 0.1) is 18.4 Å². The van der Waals surface area contributed by atoms with Gasteiger partial charge in [0.25, 0.3) is 0 Å². The molecule has 0 aliphatic rings. The van der Waals surface area contributed by atoms with Gasteiger partial charge < -0.3 is 0 Å². The summed E-state index contributed by atoms with van der Waals surface area (Å²) in [5, 5.41) is 6.50. The van der Waals surface area contributed by atoms with Gasteiger partial charge in [-0.1, -0.05) is 60.7 Å². The molecule has 0 saturated carbocycles. The molecule has 0 fully saturated rings. The minimum Gasteiger partial charge on any atom is -0.261 e. The molecule has 0 aliphatic carbocycles. The normalized spacial score (nSPS) is 10.8. The van der Waals surface area contributed by atoms with Crippen LogP contribution in [0.25, 0.3) is 0 Å². The van der Waals surface area contributed by atoms with Gasteiger partial charge in [0.1, 0.15) is 5.82 Å². The van der Waals surface area contributed by atoms with Crippen molar-refractivity contribution in [1.82, 2.24) is 0 Å². The van der Waals surface area contributed by atoms with Crippen LogP contribution in [0.2, 0.25) is 0 Å². The summed E-state index contributed by atoms with van der Waals surface area (Å²) in [6, 6.07) is 26.5. The fourth-order valence-corrected chi connectivity index (χ4v) is 2.24. The molecule has 3 heteroatoms. The molecule has 0 bridgehead atoms. The van der Waals surface area contributed by atoms with Crippen LogP contribution in [0.15, 0.2) is 90.0 Å². The zero-order chi connectivity index (χ0) is 15.9. The van der Waals surface area contributed by atoms with Crippen LogP contribution in [0, 0.1) is 5.82 Å². The Morgan fingerprint density at radius 3 is 2.04 bits per heavy atom. The average Bonchev–Trinajstić information content (AvgIpc) is 2.61. The highest BCUT2D eigenvalue weighted by Crippen LogP contribution is 2.17. The number of benzene rings is 3. The summed E-state index contributed by atoms with van der Waals surface area (Å²) >= 11 is 0. The lowest BCUT2D eigenvalue weighted by Crippen LogP contribution is -2.15. The van der Waals surface area contributed by atoms with Crippen molar-refractivity contribution in [3.05, 3.63) is 102 Å². The quantitative estimate of drug-likeness (QED) is 0.485. The molecule has 0 N–H and O–H groups in total. The summed E-state index contributed by atoms with van der Waals surface area (Å²) in [7, 11) is 0. The van der Waals surface area contributed by atoms with Crippen LogP contribution in [0.5, 0.6) is 0 Å². The first-order chi connectivity index (χ1) is 11.3. The predicted molar refractivity (Wildman–Crippen MR) is 93.1 cm³/mol. The van der Waals surface area contributed by atoms with E-state index in [4.69, 9.17) is 0 Å². The van der Waals surface area contributed by atoms with Crippen molar-refractivity contribution in [3.8, 4) is 0 Å². The molecule has 114 valence electrons. The summed E-state index contributed by atoms with van der Waals surface area (Å²) in [4.78, 5) is 0. The van der Waals surface area contributed by atoms with Crippen LogP contribution < -0.4 is 5.01 Å². The molecule has 3 rings (SSSR count). The number of nitrogens with zero attached hydrogens (tertiary/aromatic N) is 2. The number of hydrazone groups is 1. The molecule has 0 spiro atoms. The highest BCUT2D eigenvalue weighted by Gasteiger charge is 2.05. The lowest BCUT2D eigenvalue weighted by Gasteiger charge is -2.19. The van der Waals surface area contributed by atoms with Gasteiger partial charge in [-0.2, -0.15) is 5.10 Å². The van der Waals surface area contributed by atoms with Gasteiger partial charge in [0.2, 0.25) is 0 Å². The van der Waals surface area contributed by atoms with Gasteiger partial charge in [-0.25, -0.2) is 4.39 Å². The molecule has 0 aliphatic heterocycles. The minimum absolute atomic E-state index is 0.244. The van der Waals surface area contributed by atoms with Crippen LogP contribution >= 0.6 is 0 Å². The molecule has 0 heterocycles. The first-order valence-electron chi connectivity index (χ1n) is 7.47. The van der Waals surface area contributed by atoms with E-state index in [-0.39, 0.29) is 5.82 Å². The summed E-state index contributed by atoms with van der Waals surface area (Å²) < 4.78 is 13.0. The van der Waals surface area contributed by atoms with E-state index in [2.05, 4.69) is 17.2 Å². The smallest absolute Gasteiger partial charge is 0.123 e. The third-order valence-corrected chi connectivity index (χ3v) is 3.45. The molecule has 0 radical (unpaired) electrons. The Bertz CT molecular complexity index is 753. The second-order valence-electron chi connectivity index (χ2n) is 5.17. The molecule has 0 unspecified atom stereocenters. The van der Waals surface area contributed by atoms with Crippen LogP contribution in [0.3, 0.4) is 0 Å². The monoisotopic (exact) mass is 304 g/mol. The molecule has 23 heavy (non-hydrogen) atoms. The minimum atomic E-state index is -0.244. The summed E-state index contributed by atoms with van der Waals surface area (Å²) in [5.41, 5.74) is 3.04. The van der Waals surface area contributed by atoms with Crippen molar-refractivity contribution < 1.29 is 4.39 Å². The second kappa shape index (κ2) is 7.36. The van der Waals surface area contributed by atoms with E-state index >= 15 is 0 Å². The van der Waals surface area contributed by atoms with Crippen LogP contribution in [0.4, 0.5) is 10.1 Å². The number of hydrogen-bond donors (Lipinski definition) is 0. The Morgan fingerprint density at radius 2 is 1.39 bits per heavy atom. The molecule has 0 atom stereocenters. The van der Waals surface area contributed by atoms with Gasteiger partial charge in [-0.05, 0) is 35.4 Å². The molecule has 3 aromatic carbocycles. The van der Waals surface area contributed by atoms with Crippen molar-refractivity contribution in [2.24, 2.45) is 5.10 Å². The number of anilines is 1. The molecule has 3 aromatic rings. The summed E-state index contributed by atoms with van der Waals surface area (Å²) in [6.07, 6.45) is 1.75. The Morgan fingerprint density at radius 1 is 0.783 bits per heavy atom. The zero-order valence-electron chi connectivity index (χ0n) is 12.6. The van der Waals surface area contributed by atoms with Gasteiger partial charge in [-0.3, -0.25) is 5.01 Å². The molecular formula is C20H17FN2. The van der Waals surface area contributed by atoms with Crippen molar-refractivity contribution >= 4 is 11.9 Å².